The van der Waals surface area contributed by atoms with E-state index in [9.17, 15) is 4.79 Å². The van der Waals surface area contributed by atoms with E-state index in [0.717, 1.165) is 26.9 Å². The number of nitrogens with zero attached hydrogens (tertiary/aromatic N) is 1. The number of carbonyl (C=O) groups is 1. The van der Waals surface area contributed by atoms with Crippen LogP contribution in [-0.2, 0) is 9.47 Å². The molecule has 0 bridgehead atoms. The number of aromatic nitrogens is 1. The van der Waals surface area contributed by atoms with Crippen molar-refractivity contribution in [1.82, 2.24) is 4.98 Å². The molecule has 1 N–H and O–H groups in total. The summed E-state index contributed by atoms with van der Waals surface area (Å²) in [5, 5.41) is 3.46. The van der Waals surface area contributed by atoms with Gasteiger partial charge in [0.25, 0.3) is 5.91 Å². The van der Waals surface area contributed by atoms with Crippen LogP contribution in [0, 0.1) is 13.8 Å². The average Bonchev–Trinajstić information content (AvgIpc) is 3.11. The van der Waals surface area contributed by atoms with Gasteiger partial charge in [-0.15, -0.1) is 0 Å². The van der Waals surface area contributed by atoms with E-state index in [1.165, 1.54) is 11.3 Å². The van der Waals surface area contributed by atoms with E-state index in [1.807, 2.05) is 44.2 Å². The number of hydrogen-bond donors (Lipinski definition) is 1. The number of methoxy groups -OCH3 is 1. The Hall–Kier alpha value is -2.48. The maximum Gasteiger partial charge on any atom is 0.257 e. The summed E-state index contributed by atoms with van der Waals surface area (Å²) in [4.78, 5) is 17.4. The summed E-state index contributed by atoms with van der Waals surface area (Å²) in [6.45, 7) is 5.61. The molecule has 7 heteroatoms. The van der Waals surface area contributed by atoms with Gasteiger partial charge in [0, 0.05) is 11.1 Å². The lowest BCUT2D eigenvalue weighted by Crippen LogP contribution is -2.21. The molecule has 0 saturated carbocycles. The monoisotopic (exact) mass is 398 g/mol. The highest BCUT2D eigenvalue weighted by Crippen LogP contribution is 2.39. The van der Waals surface area contributed by atoms with E-state index in [1.54, 1.807) is 7.11 Å². The second-order valence-electron chi connectivity index (χ2n) is 6.76. The van der Waals surface area contributed by atoms with Crippen LogP contribution in [0.25, 0.3) is 10.2 Å². The van der Waals surface area contributed by atoms with Crippen molar-refractivity contribution in [2.45, 2.75) is 20.0 Å². The van der Waals surface area contributed by atoms with E-state index in [-0.39, 0.29) is 12.0 Å². The fourth-order valence-corrected chi connectivity index (χ4v) is 4.41. The number of nitrogens with one attached hydrogen (secondary N) is 1. The first-order chi connectivity index (χ1) is 13.6. The quantitative estimate of drug-likeness (QED) is 0.711. The average molecular weight is 398 g/mol. The third-order valence-electron chi connectivity index (χ3n) is 4.77. The topological polar surface area (TPSA) is 69.7 Å². The Bertz CT molecular complexity index is 1020. The highest BCUT2D eigenvalue weighted by molar-refractivity contribution is 7.22. The summed E-state index contributed by atoms with van der Waals surface area (Å²) in [6.07, 6.45) is -0.148. The zero-order chi connectivity index (χ0) is 19.7. The molecule has 0 spiro atoms. The predicted octanol–water partition coefficient (Wildman–Crippen LogP) is 4.26. The van der Waals surface area contributed by atoms with E-state index in [4.69, 9.17) is 14.2 Å². The van der Waals surface area contributed by atoms with Crippen molar-refractivity contribution in [3.63, 3.8) is 0 Å². The fraction of sp³-hybridized carbons (Fsp3) is 0.333. The molecular formula is C21H22N2O4S. The first kappa shape index (κ1) is 18.9. The summed E-state index contributed by atoms with van der Waals surface area (Å²) in [6, 6.07) is 9.63. The molecule has 6 nitrogen and oxygen atoms in total. The molecule has 1 unspecified atom stereocenters. The van der Waals surface area contributed by atoms with Gasteiger partial charge >= 0.3 is 0 Å². The maximum atomic E-state index is 12.7. The summed E-state index contributed by atoms with van der Waals surface area (Å²) >= 11 is 1.42. The van der Waals surface area contributed by atoms with Gasteiger partial charge in [-0.3, -0.25) is 10.1 Å². The van der Waals surface area contributed by atoms with Crippen LogP contribution in [0.2, 0.25) is 0 Å². The highest BCUT2D eigenvalue weighted by atomic mass is 32.1. The second-order valence-corrected chi connectivity index (χ2v) is 7.76. The minimum Gasteiger partial charge on any atom is -0.494 e. The Morgan fingerprint density at radius 2 is 2.11 bits per heavy atom. The van der Waals surface area contributed by atoms with Crippen molar-refractivity contribution in [2.24, 2.45) is 0 Å². The van der Waals surface area contributed by atoms with Crippen molar-refractivity contribution >= 4 is 32.6 Å². The van der Waals surface area contributed by atoms with Crippen molar-refractivity contribution in [3.8, 4) is 5.75 Å². The largest absolute Gasteiger partial charge is 0.494 e. The zero-order valence-electron chi connectivity index (χ0n) is 16.1. The Morgan fingerprint density at radius 1 is 1.25 bits per heavy atom. The number of hydrogen-bond acceptors (Lipinski definition) is 6. The first-order valence-electron chi connectivity index (χ1n) is 9.12. The van der Waals surface area contributed by atoms with Crippen LogP contribution < -0.4 is 10.1 Å². The van der Waals surface area contributed by atoms with Gasteiger partial charge in [0.15, 0.2) is 5.13 Å². The van der Waals surface area contributed by atoms with Gasteiger partial charge in [0.05, 0.1) is 31.6 Å². The van der Waals surface area contributed by atoms with E-state index >= 15 is 0 Å². The van der Waals surface area contributed by atoms with Gasteiger partial charge < -0.3 is 14.2 Å². The molecule has 3 aromatic rings. The summed E-state index contributed by atoms with van der Waals surface area (Å²) in [7, 11) is 1.61. The Morgan fingerprint density at radius 3 is 2.82 bits per heavy atom. The minimum absolute atomic E-state index is 0.148. The lowest BCUT2D eigenvalue weighted by Gasteiger charge is -2.23. The molecule has 1 aliphatic heterocycles. The summed E-state index contributed by atoms with van der Waals surface area (Å²) in [5.41, 5.74) is 4.42. The first-order valence-corrected chi connectivity index (χ1v) is 9.94. The third kappa shape index (κ3) is 3.61. The number of anilines is 1. The van der Waals surface area contributed by atoms with Crippen LogP contribution in [0.15, 0.2) is 30.3 Å². The van der Waals surface area contributed by atoms with Crippen molar-refractivity contribution in [3.05, 3.63) is 52.6 Å². The van der Waals surface area contributed by atoms with Crippen LogP contribution >= 0.6 is 11.3 Å². The minimum atomic E-state index is -0.172. The normalized spacial score (nSPS) is 16.9. The number of ether oxygens (including phenoxy) is 3. The number of fused-ring (bicyclic) bond motifs is 1. The SMILES string of the molecule is COc1ccc(C2COCCO2)c2sc(NC(=O)c3ccc(C)cc3C)nc12. The third-order valence-corrected chi connectivity index (χ3v) is 5.79. The number of benzene rings is 2. The molecule has 146 valence electrons. The van der Waals surface area contributed by atoms with E-state index < -0.39 is 0 Å². The molecule has 1 saturated heterocycles. The second kappa shape index (κ2) is 7.87. The number of carbonyl (C=O) groups excluding carboxylic acids is 1. The van der Waals surface area contributed by atoms with Crippen LogP contribution in [-0.4, -0.2) is 37.8 Å². The molecule has 4 rings (SSSR count). The highest BCUT2D eigenvalue weighted by Gasteiger charge is 2.23. The lowest BCUT2D eigenvalue weighted by atomic mass is 10.1. The van der Waals surface area contributed by atoms with Crippen molar-refractivity contribution in [2.75, 3.05) is 32.2 Å². The van der Waals surface area contributed by atoms with Crippen LogP contribution in [0.3, 0.4) is 0 Å². The fourth-order valence-electron chi connectivity index (χ4n) is 3.37. The van der Waals surface area contributed by atoms with Gasteiger partial charge in [-0.2, -0.15) is 0 Å². The van der Waals surface area contributed by atoms with Gasteiger partial charge in [-0.1, -0.05) is 35.1 Å². The number of aryl methyl sites for hydroxylation is 2. The van der Waals surface area contributed by atoms with Gasteiger partial charge in [-0.25, -0.2) is 4.98 Å². The molecule has 1 atom stereocenters. The standard InChI is InChI=1S/C21H22N2O4S/c1-12-4-5-14(13(2)10-12)20(24)23-21-22-18-16(25-3)7-6-15(19(18)28-21)17-11-26-8-9-27-17/h4-7,10,17H,8-9,11H2,1-3H3,(H,22,23,24). The van der Waals surface area contributed by atoms with Crippen molar-refractivity contribution < 1.29 is 19.0 Å². The maximum absolute atomic E-state index is 12.7. The molecule has 2 aromatic carbocycles. The van der Waals surface area contributed by atoms with Gasteiger partial charge in [-0.05, 0) is 31.5 Å². The van der Waals surface area contributed by atoms with E-state index in [2.05, 4.69) is 10.3 Å². The number of amides is 1. The summed E-state index contributed by atoms with van der Waals surface area (Å²) in [5.74, 6) is 0.494. The van der Waals surface area contributed by atoms with E-state index in [0.29, 0.717) is 36.3 Å². The summed E-state index contributed by atoms with van der Waals surface area (Å²) < 4.78 is 17.8. The Labute approximate surface area is 167 Å². The predicted molar refractivity (Wildman–Crippen MR) is 110 cm³/mol. The zero-order valence-corrected chi connectivity index (χ0v) is 16.9. The Kier molecular flexibility index (Phi) is 5.30. The molecule has 1 fully saturated rings. The molecule has 0 aliphatic carbocycles. The molecule has 1 aliphatic rings. The number of rotatable bonds is 4. The molecule has 0 radical (unpaired) electrons. The van der Waals surface area contributed by atoms with Crippen LogP contribution in [0.1, 0.15) is 33.2 Å². The number of thiazole rings is 1. The van der Waals surface area contributed by atoms with Crippen molar-refractivity contribution in [1.29, 1.82) is 0 Å². The molecular weight excluding hydrogens is 376 g/mol. The van der Waals surface area contributed by atoms with Gasteiger partial charge in [0.1, 0.15) is 17.4 Å². The lowest BCUT2D eigenvalue weighted by molar-refractivity contribution is -0.0895. The Balaban J connectivity index is 1.69. The molecule has 1 aromatic heterocycles. The molecule has 28 heavy (non-hydrogen) atoms. The van der Waals surface area contributed by atoms with Crippen LogP contribution in [0.4, 0.5) is 5.13 Å². The smallest absolute Gasteiger partial charge is 0.257 e. The van der Waals surface area contributed by atoms with Crippen LogP contribution in [0.5, 0.6) is 5.75 Å². The molecule has 2 heterocycles. The molecule has 1 amide bonds. The van der Waals surface area contributed by atoms with Gasteiger partial charge in [0.2, 0.25) is 0 Å².